The number of nitrogens with zero attached hydrogens (tertiary/aromatic N) is 4. The monoisotopic (exact) mass is 382 g/mol. The number of benzene rings is 1. The van der Waals surface area contributed by atoms with Gasteiger partial charge in [0.2, 0.25) is 10.0 Å². The third-order valence-corrected chi connectivity index (χ3v) is 7.18. The van der Waals surface area contributed by atoms with Gasteiger partial charge >= 0.3 is 0 Å². The lowest BCUT2D eigenvalue weighted by molar-refractivity contribution is 0.342. The molecule has 1 saturated heterocycles. The molecule has 1 aliphatic rings. The number of piperazine rings is 1. The Bertz CT molecular complexity index is 894. The maximum Gasteiger partial charge on any atom is 0.248 e. The molecule has 136 valence electrons. The van der Waals surface area contributed by atoms with Crippen LogP contribution in [0.2, 0.25) is 5.15 Å². The predicted octanol–water partition coefficient (Wildman–Crippen LogP) is 2.59. The number of sulfonamides is 1. The minimum atomic E-state index is -3.66. The van der Waals surface area contributed by atoms with Crippen LogP contribution in [-0.2, 0) is 17.1 Å². The van der Waals surface area contributed by atoms with E-state index in [-0.39, 0.29) is 16.1 Å². The molecule has 0 N–H and O–H groups in total. The predicted molar refractivity (Wildman–Crippen MR) is 99.7 cm³/mol. The van der Waals surface area contributed by atoms with Crippen molar-refractivity contribution in [2.45, 2.75) is 31.7 Å². The topological polar surface area (TPSA) is 58.4 Å². The lowest BCUT2D eigenvalue weighted by Crippen LogP contribution is -2.53. The molecule has 0 saturated carbocycles. The Labute approximate surface area is 154 Å². The molecule has 2 aromatic rings. The quantitative estimate of drug-likeness (QED) is 0.818. The summed E-state index contributed by atoms with van der Waals surface area (Å²) in [7, 11) is -2.01. The van der Waals surface area contributed by atoms with Gasteiger partial charge in [-0.15, -0.1) is 0 Å². The summed E-state index contributed by atoms with van der Waals surface area (Å²) in [5, 5.41) is 4.29. The molecule has 0 radical (unpaired) electrons. The van der Waals surface area contributed by atoms with Gasteiger partial charge in [0.05, 0.1) is 5.69 Å². The van der Waals surface area contributed by atoms with E-state index in [9.17, 15) is 8.42 Å². The van der Waals surface area contributed by atoms with Crippen molar-refractivity contribution < 1.29 is 8.42 Å². The first-order valence-electron chi connectivity index (χ1n) is 8.24. The Balaban J connectivity index is 1.85. The fraction of sp³-hybridized carbons (Fsp3) is 0.471. The van der Waals surface area contributed by atoms with Crippen LogP contribution in [0, 0.1) is 13.8 Å². The molecule has 0 aliphatic carbocycles. The molecule has 1 unspecified atom stereocenters. The summed E-state index contributed by atoms with van der Waals surface area (Å²) in [6, 6.07) is 8.35. The van der Waals surface area contributed by atoms with E-state index in [1.54, 1.807) is 14.0 Å². The van der Waals surface area contributed by atoms with Crippen molar-refractivity contribution in [2.75, 3.05) is 24.5 Å². The van der Waals surface area contributed by atoms with Gasteiger partial charge in [-0.3, -0.25) is 4.68 Å². The minimum Gasteiger partial charge on any atom is -0.366 e. The molecule has 8 heteroatoms. The molecular weight excluding hydrogens is 360 g/mol. The Morgan fingerprint density at radius 2 is 1.96 bits per heavy atom. The standard InChI is InChI=1S/C17H23ClN4O2S/c1-12-6-5-7-15(10-12)22-9-8-21(11-13(22)2)25(23,24)16-14(3)19-20(4)17(16)18/h5-7,10,13H,8-9,11H2,1-4H3. The average molecular weight is 383 g/mol. The molecule has 6 nitrogen and oxygen atoms in total. The number of aromatic nitrogens is 2. The molecule has 1 aromatic carbocycles. The van der Waals surface area contributed by atoms with E-state index in [0.717, 1.165) is 5.69 Å². The van der Waals surface area contributed by atoms with Gasteiger partial charge in [0, 0.05) is 38.4 Å². The first kappa shape index (κ1) is 18.2. The van der Waals surface area contributed by atoms with Gasteiger partial charge in [0.1, 0.15) is 10.0 Å². The fourth-order valence-electron chi connectivity index (χ4n) is 3.37. The largest absolute Gasteiger partial charge is 0.366 e. The second-order valence-corrected chi connectivity index (χ2v) is 8.81. The molecule has 1 aromatic heterocycles. The Kier molecular flexibility index (Phi) is 4.83. The summed E-state index contributed by atoms with van der Waals surface area (Å²) in [6.45, 7) is 7.25. The molecule has 0 spiro atoms. The fourth-order valence-corrected chi connectivity index (χ4v) is 5.58. The zero-order valence-electron chi connectivity index (χ0n) is 14.9. The number of hydrogen-bond acceptors (Lipinski definition) is 4. The molecule has 1 atom stereocenters. The Morgan fingerprint density at radius 3 is 2.52 bits per heavy atom. The summed E-state index contributed by atoms with van der Waals surface area (Å²) >= 11 is 6.18. The van der Waals surface area contributed by atoms with E-state index in [1.807, 2.05) is 13.0 Å². The average Bonchev–Trinajstić information content (AvgIpc) is 2.80. The molecule has 0 bridgehead atoms. The van der Waals surface area contributed by atoms with Crippen LogP contribution in [-0.4, -0.2) is 48.2 Å². The summed E-state index contributed by atoms with van der Waals surface area (Å²) < 4.78 is 29.0. The summed E-state index contributed by atoms with van der Waals surface area (Å²) in [5.74, 6) is 0. The van der Waals surface area contributed by atoms with Gasteiger partial charge in [-0.2, -0.15) is 9.40 Å². The number of anilines is 1. The van der Waals surface area contributed by atoms with E-state index < -0.39 is 10.0 Å². The zero-order chi connectivity index (χ0) is 18.4. The van der Waals surface area contributed by atoms with Crippen molar-refractivity contribution in [3.8, 4) is 0 Å². The zero-order valence-corrected chi connectivity index (χ0v) is 16.5. The smallest absolute Gasteiger partial charge is 0.248 e. The highest BCUT2D eigenvalue weighted by Gasteiger charge is 2.36. The number of rotatable bonds is 3. The number of hydrogen-bond donors (Lipinski definition) is 0. The normalized spacial score (nSPS) is 19.4. The molecule has 1 aliphatic heterocycles. The second kappa shape index (κ2) is 6.63. The number of halogens is 1. The first-order valence-corrected chi connectivity index (χ1v) is 10.1. The van der Waals surface area contributed by atoms with Gasteiger partial charge < -0.3 is 4.90 Å². The van der Waals surface area contributed by atoms with Crippen LogP contribution in [0.15, 0.2) is 29.2 Å². The SMILES string of the molecule is Cc1cccc(N2CCN(S(=O)(=O)c3c(C)nn(C)c3Cl)CC2C)c1. The maximum atomic E-state index is 13.1. The summed E-state index contributed by atoms with van der Waals surface area (Å²) in [6.07, 6.45) is 0. The highest BCUT2D eigenvalue weighted by Crippen LogP contribution is 2.30. The van der Waals surface area contributed by atoms with Crippen molar-refractivity contribution in [3.05, 3.63) is 40.7 Å². The molecule has 3 rings (SSSR count). The van der Waals surface area contributed by atoms with Crippen LogP contribution in [0.4, 0.5) is 5.69 Å². The molecule has 25 heavy (non-hydrogen) atoms. The van der Waals surface area contributed by atoms with E-state index in [0.29, 0.717) is 25.3 Å². The molecule has 1 fully saturated rings. The third-order valence-electron chi connectivity index (χ3n) is 4.62. The highest BCUT2D eigenvalue weighted by molar-refractivity contribution is 7.89. The van der Waals surface area contributed by atoms with Crippen LogP contribution in [0.3, 0.4) is 0 Å². The lowest BCUT2D eigenvalue weighted by atomic mass is 10.1. The van der Waals surface area contributed by atoms with Crippen LogP contribution in [0.1, 0.15) is 18.2 Å². The van der Waals surface area contributed by atoms with Gasteiger partial charge in [-0.05, 0) is 38.5 Å². The van der Waals surface area contributed by atoms with E-state index in [4.69, 9.17) is 11.6 Å². The van der Waals surface area contributed by atoms with Crippen LogP contribution >= 0.6 is 11.6 Å². The number of aryl methyl sites for hydroxylation is 3. The van der Waals surface area contributed by atoms with Crippen molar-refractivity contribution >= 4 is 27.3 Å². The second-order valence-electron chi connectivity index (χ2n) is 6.57. The van der Waals surface area contributed by atoms with Crippen LogP contribution in [0.25, 0.3) is 0 Å². The van der Waals surface area contributed by atoms with E-state index in [2.05, 4.69) is 35.1 Å². The van der Waals surface area contributed by atoms with Crippen LogP contribution < -0.4 is 4.90 Å². The Morgan fingerprint density at radius 1 is 1.24 bits per heavy atom. The van der Waals surface area contributed by atoms with Crippen molar-refractivity contribution in [1.29, 1.82) is 0 Å². The maximum absolute atomic E-state index is 13.1. The van der Waals surface area contributed by atoms with E-state index in [1.165, 1.54) is 14.6 Å². The Hall–Kier alpha value is -1.57. The molecule has 0 amide bonds. The van der Waals surface area contributed by atoms with Crippen molar-refractivity contribution in [1.82, 2.24) is 14.1 Å². The van der Waals surface area contributed by atoms with Crippen molar-refractivity contribution in [2.24, 2.45) is 7.05 Å². The van der Waals surface area contributed by atoms with Crippen LogP contribution in [0.5, 0.6) is 0 Å². The van der Waals surface area contributed by atoms with Gasteiger partial charge in [-0.1, -0.05) is 23.7 Å². The van der Waals surface area contributed by atoms with Gasteiger partial charge in [0.15, 0.2) is 0 Å². The summed E-state index contributed by atoms with van der Waals surface area (Å²) in [5.41, 5.74) is 2.75. The molecule has 2 heterocycles. The molecular formula is C17H23ClN4O2S. The highest BCUT2D eigenvalue weighted by atomic mass is 35.5. The third kappa shape index (κ3) is 3.28. The van der Waals surface area contributed by atoms with E-state index >= 15 is 0 Å². The first-order chi connectivity index (χ1) is 11.7. The van der Waals surface area contributed by atoms with Gasteiger partial charge in [0.25, 0.3) is 0 Å². The lowest BCUT2D eigenvalue weighted by Gasteiger charge is -2.40. The van der Waals surface area contributed by atoms with Gasteiger partial charge in [-0.25, -0.2) is 8.42 Å². The van der Waals surface area contributed by atoms with Crippen molar-refractivity contribution in [3.63, 3.8) is 0 Å². The summed E-state index contributed by atoms with van der Waals surface area (Å²) in [4.78, 5) is 2.37. The minimum absolute atomic E-state index is 0.0704.